The smallest absolute Gasteiger partial charge is 0.314 e. The number of likely N-dealkylation sites (N-methyl/N-ethyl adjacent to an activating group) is 1. The van der Waals surface area contributed by atoms with Gasteiger partial charge in [0.05, 0.1) is 13.2 Å². The average Bonchev–Trinajstić information content (AvgIpc) is 2.25. The first-order chi connectivity index (χ1) is 7.31. The molecular formula is C8H18N2O6. The molecule has 0 heterocycles. The van der Waals surface area contributed by atoms with Crippen LogP contribution in [0.4, 0.5) is 4.79 Å². The van der Waals surface area contributed by atoms with Gasteiger partial charge < -0.3 is 36.2 Å². The van der Waals surface area contributed by atoms with Crippen LogP contribution in [-0.4, -0.2) is 81.1 Å². The molecule has 0 bridgehead atoms. The van der Waals surface area contributed by atoms with E-state index in [1.165, 1.54) is 7.05 Å². The zero-order chi connectivity index (χ0) is 12.9. The highest BCUT2D eigenvalue weighted by Gasteiger charge is 2.30. The standard InChI is InChI=1S/C8H18N2O6/c1-10(8(9)16)2-4(12)6(14)7(15)5(13)3-11/h4-7,11-15H,2-3H2,1H3,(H2,9,16). The van der Waals surface area contributed by atoms with Gasteiger partial charge >= 0.3 is 6.03 Å². The highest BCUT2D eigenvalue weighted by Crippen LogP contribution is 2.06. The maximum Gasteiger partial charge on any atom is 0.314 e. The van der Waals surface area contributed by atoms with Crippen molar-refractivity contribution in [1.29, 1.82) is 0 Å². The predicted molar refractivity (Wildman–Crippen MR) is 53.3 cm³/mol. The molecule has 8 heteroatoms. The summed E-state index contributed by atoms with van der Waals surface area (Å²) in [7, 11) is 1.30. The Labute approximate surface area is 92.5 Å². The second-order valence-electron chi connectivity index (χ2n) is 3.52. The van der Waals surface area contributed by atoms with Crippen LogP contribution in [0, 0.1) is 0 Å². The summed E-state index contributed by atoms with van der Waals surface area (Å²) in [6.45, 7) is -1.05. The fraction of sp³-hybridized carbons (Fsp3) is 0.875. The number of aliphatic hydroxyl groups is 5. The Bertz CT molecular complexity index is 227. The van der Waals surface area contributed by atoms with E-state index < -0.39 is 37.1 Å². The van der Waals surface area contributed by atoms with Crippen LogP contribution in [0.15, 0.2) is 0 Å². The van der Waals surface area contributed by atoms with Crippen molar-refractivity contribution in [2.24, 2.45) is 5.73 Å². The molecule has 4 atom stereocenters. The van der Waals surface area contributed by atoms with E-state index in [0.717, 1.165) is 4.90 Å². The molecule has 0 saturated carbocycles. The van der Waals surface area contributed by atoms with Gasteiger partial charge in [-0.15, -0.1) is 0 Å². The first kappa shape index (κ1) is 15.1. The summed E-state index contributed by atoms with van der Waals surface area (Å²) in [6.07, 6.45) is -6.44. The van der Waals surface area contributed by atoms with E-state index in [1.807, 2.05) is 0 Å². The number of amides is 2. The number of rotatable bonds is 6. The normalized spacial score (nSPS) is 18.6. The molecule has 96 valence electrons. The lowest BCUT2D eigenvalue weighted by molar-refractivity contribution is -0.117. The number of nitrogens with two attached hydrogens (primary N) is 1. The van der Waals surface area contributed by atoms with Crippen LogP contribution in [0.5, 0.6) is 0 Å². The summed E-state index contributed by atoms with van der Waals surface area (Å²) in [5, 5.41) is 45.6. The fourth-order valence-electron chi connectivity index (χ4n) is 1.04. The van der Waals surface area contributed by atoms with Crippen LogP contribution < -0.4 is 5.73 Å². The van der Waals surface area contributed by atoms with E-state index in [-0.39, 0.29) is 6.54 Å². The van der Waals surface area contributed by atoms with Gasteiger partial charge in [-0.1, -0.05) is 0 Å². The summed E-state index contributed by atoms with van der Waals surface area (Å²) < 4.78 is 0. The second-order valence-corrected chi connectivity index (χ2v) is 3.52. The first-order valence-electron chi connectivity index (χ1n) is 4.65. The molecule has 7 N–H and O–H groups in total. The van der Waals surface area contributed by atoms with E-state index in [1.54, 1.807) is 0 Å². The number of primary amides is 1. The third kappa shape index (κ3) is 4.29. The van der Waals surface area contributed by atoms with Crippen molar-refractivity contribution < 1.29 is 30.3 Å². The highest BCUT2D eigenvalue weighted by atomic mass is 16.4. The van der Waals surface area contributed by atoms with Crippen molar-refractivity contribution >= 4 is 6.03 Å². The molecule has 0 fully saturated rings. The summed E-state index contributed by atoms with van der Waals surface area (Å²) >= 11 is 0. The topological polar surface area (TPSA) is 147 Å². The van der Waals surface area contributed by atoms with Gasteiger partial charge in [0, 0.05) is 7.05 Å². The van der Waals surface area contributed by atoms with E-state index in [4.69, 9.17) is 15.9 Å². The SMILES string of the molecule is CN(CC(O)C(O)C(O)C(O)CO)C(N)=O. The Balaban J connectivity index is 4.27. The Morgan fingerprint density at radius 1 is 1.19 bits per heavy atom. The Kier molecular flexibility index (Phi) is 6.22. The van der Waals surface area contributed by atoms with Crippen LogP contribution >= 0.6 is 0 Å². The van der Waals surface area contributed by atoms with Crippen molar-refractivity contribution in [3.8, 4) is 0 Å². The van der Waals surface area contributed by atoms with Gasteiger partial charge in [0.25, 0.3) is 0 Å². The molecule has 0 aromatic rings. The molecular weight excluding hydrogens is 220 g/mol. The van der Waals surface area contributed by atoms with Crippen LogP contribution in [-0.2, 0) is 0 Å². The third-order valence-corrected chi connectivity index (χ3v) is 2.16. The van der Waals surface area contributed by atoms with Crippen LogP contribution in [0.3, 0.4) is 0 Å². The lowest BCUT2D eigenvalue weighted by Crippen LogP contribution is -2.50. The molecule has 0 aliphatic heterocycles. The molecule has 0 spiro atoms. The minimum absolute atomic E-state index is 0.300. The number of carbonyl (C=O) groups is 1. The maximum absolute atomic E-state index is 10.6. The van der Waals surface area contributed by atoms with Gasteiger partial charge in [0.1, 0.15) is 24.4 Å². The molecule has 0 aliphatic rings. The number of hydrogen-bond donors (Lipinski definition) is 6. The monoisotopic (exact) mass is 238 g/mol. The lowest BCUT2D eigenvalue weighted by Gasteiger charge is -2.27. The minimum Gasteiger partial charge on any atom is -0.394 e. The number of carbonyl (C=O) groups excluding carboxylic acids is 1. The fourth-order valence-corrected chi connectivity index (χ4v) is 1.04. The lowest BCUT2D eigenvalue weighted by atomic mass is 10.0. The van der Waals surface area contributed by atoms with E-state index in [0.29, 0.717) is 0 Å². The molecule has 4 unspecified atom stereocenters. The summed E-state index contributed by atoms with van der Waals surface area (Å²) in [4.78, 5) is 11.6. The van der Waals surface area contributed by atoms with Crippen molar-refractivity contribution in [1.82, 2.24) is 4.90 Å². The van der Waals surface area contributed by atoms with Crippen molar-refractivity contribution in [3.05, 3.63) is 0 Å². The highest BCUT2D eigenvalue weighted by molar-refractivity contribution is 5.71. The molecule has 0 aliphatic carbocycles. The summed E-state index contributed by atoms with van der Waals surface area (Å²) in [5.41, 5.74) is 4.89. The van der Waals surface area contributed by atoms with Crippen LogP contribution in [0.2, 0.25) is 0 Å². The number of aliphatic hydroxyl groups excluding tert-OH is 5. The van der Waals surface area contributed by atoms with Gasteiger partial charge in [-0.3, -0.25) is 0 Å². The van der Waals surface area contributed by atoms with Gasteiger partial charge in [-0.05, 0) is 0 Å². The van der Waals surface area contributed by atoms with Crippen molar-refractivity contribution in [3.63, 3.8) is 0 Å². The Morgan fingerprint density at radius 2 is 1.62 bits per heavy atom. The molecule has 0 radical (unpaired) electrons. The number of hydrogen-bond acceptors (Lipinski definition) is 6. The van der Waals surface area contributed by atoms with E-state index in [2.05, 4.69) is 0 Å². The van der Waals surface area contributed by atoms with Crippen molar-refractivity contribution in [2.75, 3.05) is 20.2 Å². The first-order valence-corrected chi connectivity index (χ1v) is 4.65. The molecule has 16 heavy (non-hydrogen) atoms. The molecule has 0 rings (SSSR count). The second kappa shape index (κ2) is 6.61. The van der Waals surface area contributed by atoms with Gasteiger partial charge in [0.15, 0.2) is 0 Å². The molecule has 0 saturated heterocycles. The largest absolute Gasteiger partial charge is 0.394 e. The number of urea groups is 1. The van der Waals surface area contributed by atoms with Gasteiger partial charge in [-0.2, -0.15) is 0 Å². The zero-order valence-electron chi connectivity index (χ0n) is 8.89. The molecule has 2 amide bonds. The summed E-state index contributed by atoms with van der Waals surface area (Å²) in [6, 6.07) is -0.802. The quantitative estimate of drug-likeness (QED) is 0.282. The molecule has 8 nitrogen and oxygen atoms in total. The van der Waals surface area contributed by atoms with Crippen molar-refractivity contribution in [2.45, 2.75) is 24.4 Å². The van der Waals surface area contributed by atoms with E-state index >= 15 is 0 Å². The predicted octanol–water partition coefficient (Wildman–Crippen LogP) is -3.57. The molecule has 0 aromatic carbocycles. The van der Waals surface area contributed by atoms with E-state index in [9.17, 15) is 20.1 Å². The molecule has 0 aromatic heterocycles. The third-order valence-electron chi connectivity index (χ3n) is 2.16. The zero-order valence-corrected chi connectivity index (χ0v) is 8.89. The summed E-state index contributed by atoms with van der Waals surface area (Å²) in [5.74, 6) is 0. The maximum atomic E-state index is 10.6. The minimum atomic E-state index is -1.71. The Hall–Kier alpha value is -0.930. The van der Waals surface area contributed by atoms with Crippen LogP contribution in [0.1, 0.15) is 0 Å². The van der Waals surface area contributed by atoms with Gasteiger partial charge in [0.2, 0.25) is 0 Å². The Morgan fingerprint density at radius 3 is 2.00 bits per heavy atom. The van der Waals surface area contributed by atoms with Crippen LogP contribution in [0.25, 0.3) is 0 Å². The number of nitrogens with zero attached hydrogens (tertiary/aromatic N) is 1. The van der Waals surface area contributed by atoms with Gasteiger partial charge in [-0.25, -0.2) is 4.79 Å². The average molecular weight is 238 g/mol.